The van der Waals surface area contributed by atoms with Gasteiger partial charge in [-0.15, -0.1) is 0 Å². The van der Waals surface area contributed by atoms with Gasteiger partial charge in [-0.2, -0.15) is 13.2 Å². The molecule has 0 aliphatic carbocycles. The summed E-state index contributed by atoms with van der Waals surface area (Å²) in [6.07, 6.45) is -3.89. The van der Waals surface area contributed by atoms with Crippen LogP contribution in [-0.2, 0) is 15.7 Å². The molecule has 104 valence electrons. The predicted molar refractivity (Wildman–Crippen MR) is 62.1 cm³/mol. The molecule has 0 radical (unpaired) electrons. The Morgan fingerprint density at radius 2 is 2.05 bits per heavy atom. The molecular formula is C12H13F3N2O2. The third kappa shape index (κ3) is 3.37. The second-order valence-corrected chi connectivity index (χ2v) is 4.22. The van der Waals surface area contributed by atoms with Crippen LogP contribution in [0.5, 0.6) is 0 Å². The molecule has 1 aromatic carbocycles. The Morgan fingerprint density at radius 1 is 1.32 bits per heavy atom. The average Bonchev–Trinajstić information content (AvgIpc) is 2.89. The van der Waals surface area contributed by atoms with Gasteiger partial charge >= 0.3 is 6.18 Å². The smallest absolute Gasteiger partial charge is 0.381 e. The van der Waals surface area contributed by atoms with E-state index < -0.39 is 11.7 Å². The lowest BCUT2D eigenvalue weighted by Crippen LogP contribution is -2.35. The van der Waals surface area contributed by atoms with E-state index in [4.69, 9.17) is 4.74 Å². The summed E-state index contributed by atoms with van der Waals surface area (Å²) in [6, 6.07) is 4.96. The third-order valence-corrected chi connectivity index (χ3v) is 2.85. The maximum absolute atomic E-state index is 12.7. The number of para-hydroxylation sites is 1. The molecule has 1 heterocycles. The highest BCUT2D eigenvalue weighted by Gasteiger charge is 2.33. The minimum absolute atomic E-state index is 0.178. The van der Waals surface area contributed by atoms with E-state index in [1.54, 1.807) is 0 Å². The van der Waals surface area contributed by atoms with Crippen molar-refractivity contribution in [2.75, 3.05) is 18.6 Å². The Hall–Kier alpha value is -1.76. The van der Waals surface area contributed by atoms with Crippen molar-refractivity contribution in [2.45, 2.75) is 12.6 Å². The number of amides is 1. The van der Waals surface area contributed by atoms with Gasteiger partial charge in [-0.05, 0) is 18.6 Å². The molecule has 0 spiro atoms. The maximum Gasteiger partial charge on any atom is 0.418 e. The number of hydrazine groups is 1. The molecule has 2 rings (SSSR count). The number of benzene rings is 1. The predicted octanol–water partition coefficient (Wildman–Crippen LogP) is 2.18. The summed E-state index contributed by atoms with van der Waals surface area (Å²) in [4.78, 5) is 11.6. The molecule has 0 bridgehead atoms. The van der Waals surface area contributed by atoms with E-state index in [-0.39, 0.29) is 17.5 Å². The van der Waals surface area contributed by atoms with Crippen LogP contribution < -0.4 is 10.9 Å². The third-order valence-electron chi connectivity index (χ3n) is 2.85. The van der Waals surface area contributed by atoms with Crippen LogP contribution in [0.15, 0.2) is 24.3 Å². The molecule has 4 nitrogen and oxygen atoms in total. The zero-order chi connectivity index (χ0) is 13.9. The average molecular weight is 274 g/mol. The van der Waals surface area contributed by atoms with E-state index in [9.17, 15) is 18.0 Å². The van der Waals surface area contributed by atoms with Gasteiger partial charge in [-0.1, -0.05) is 12.1 Å². The van der Waals surface area contributed by atoms with E-state index in [0.717, 1.165) is 6.07 Å². The molecule has 1 aliphatic heterocycles. The number of hydrogen-bond donors (Lipinski definition) is 2. The van der Waals surface area contributed by atoms with Crippen molar-refractivity contribution in [1.82, 2.24) is 5.43 Å². The SMILES string of the molecule is O=C(NNc1ccccc1C(F)(F)F)[C@H]1CCOC1. The number of alkyl halides is 3. The number of ether oxygens (including phenoxy) is 1. The Bertz CT molecular complexity index is 457. The molecule has 0 unspecified atom stereocenters. The van der Waals surface area contributed by atoms with Crippen molar-refractivity contribution in [3.05, 3.63) is 29.8 Å². The Kier molecular flexibility index (Phi) is 3.94. The molecule has 1 saturated heterocycles. The van der Waals surface area contributed by atoms with Crippen molar-refractivity contribution < 1.29 is 22.7 Å². The van der Waals surface area contributed by atoms with Gasteiger partial charge in [0.15, 0.2) is 0 Å². The van der Waals surface area contributed by atoms with E-state index in [1.807, 2.05) is 0 Å². The molecule has 0 saturated carbocycles. The van der Waals surface area contributed by atoms with Crippen LogP contribution in [0.1, 0.15) is 12.0 Å². The van der Waals surface area contributed by atoms with Crippen LogP contribution in [-0.4, -0.2) is 19.1 Å². The molecule has 1 amide bonds. The molecule has 0 aromatic heterocycles. The van der Waals surface area contributed by atoms with Crippen molar-refractivity contribution in [2.24, 2.45) is 5.92 Å². The highest BCUT2D eigenvalue weighted by Crippen LogP contribution is 2.34. The summed E-state index contributed by atoms with van der Waals surface area (Å²) in [5, 5.41) is 0. The number of carbonyl (C=O) groups excluding carboxylic acids is 1. The lowest BCUT2D eigenvalue weighted by molar-refractivity contribution is -0.137. The van der Waals surface area contributed by atoms with Crippen molar-refractivity contribution >= 4 is 11.6 Å². The first-order valence-corrected chi connectivity index (χ1v) is 5.78. The monoisotopic (exact) mass is 274 g/mol. The summed E-state index contributed by atoms with van der Waals surface area (Å²) in [7, 11) is 0. The Labute approximate surface area is 107 Å². The number of carbonyl (C=O) groups is 1. The van der Waals surface area contributed by atoms with Crippen LogP contribution in [0.4, 0.5) is 18.9 Å². The maximum atomic E-state index is 12.7. The summed E-state index contributed by atoms with van der Waals surface area (Å²) in [5.41, 5.74) is 3.61. The van der Waals surface area contributed by atoms with Gasteiger partial charge in [-0.25, -0.2) is 0 Å². The molecule has 1 fully saturated rings. The molecular weight excluding hydrogens is 261 g/mol. The highest BCUT2D eigenvalue weighted by molar-refractivity contribution is 5.80. The number of halogens is 3. The number of nitrogens with one attached hydrogen (secondary N) is 2. The fraction of sp³-hybridized carbons (Fsp3) is 0.417. The molecule has 7 heteroatoms. The van der Waals surface area contributed by atoms with Gasteiger partial charge in [0.1, 0.15) is 0 Å². The van der Waals surface area contributed by atoms with Crippen LogP contribution in [0.2, 0.25) is 0 Å². The summed E-state index contributed by atoms with van der Waals surface area (Å²) >= 11 is 0. The van der Waals surface area contributed by atoms with E-state index in [2.05, 4.69) is 10.9 Å². The van der Waals surface area contributed by atoms with Gasteiger partial charge in [0.05, 0.1) is 23.8 Å². The van der Waals surface area contributed by atoms with Crippen LogP contribution >= 0.6 is 0 Å². The van der Waals surface area contributed by atoms with Crippen molar-refractivity contribution in [1.29, 1.82) is 0 Å². The lowest BCUT2D eigenvalue weighted by atomic mass is 10.1. The zero-order valence-electron chi connectivity index (χ0n) is 9.96. The number of rotatable bonds is 3. The summed E-state index contributed by atoms with van der Waals surface area (Å²) in [5.74, 6) is -0.681. The van der Waals surface area contributed by atoms with Crippen molar-refractivity contribution in [3.63, 3.8) is 0 Å². The lowest BCUT2D eigenvalue weighted by Gasteiger charge is -2.16. The second-order valence-electron chi connectivity index (χ2n) is 4.22. The molecule has 1 aliphatic rings. The standard InChI is InChI=1S/C12H13F3N2O2/c13-12(14,15)9-3-1-2-4-10(9)16-17-11(18)8-5-6-19-7-8/h1-4,8,16H,5-7H2,(H,17,18)/t8-/m0/s1. The van der Waals surface area contributed by atoms with Gasteiger partial charge < -0.3 is 4.74 Å². The largest absolute Gasteiger partial charge is 0.418 e. The second kappa shape index (κ2) is 5.48. The summed E-state index contributed by atoms with van der Waals surface area (Å²) < 4.78 is 43.1. The van der Waals surface area contributed by atoms with Gasteiger partial charge in [0.2, 0.25) is 5.91 Å². The summed E-state index contributed by atoms with van der Waals surface area (Å²) in [6.45, 7) is 0.797. The first-order chi connectivity index (χ1) is 8.98. The van der Waals surface area contributed by atoms with Crippen LogP contribution in [0.25, 0.3) is 0 Å². The zero-order valence-corrected chi connectivity index (χ0v) is 9.96. The van der Waals surface area contributed by atoms with Crippen molar-refractivity contribution in [3.8, 4) is 0 Å². The van der Waals surface area contributed by atoms with Crippen LogP contribution in [0, 0.1) is 5.92 Å². The fourth-order valence-electron chi connectivity index (χ4n) is 1.81. The number of hydrogen-bond acceptors (Lipinski definition) is 3. The highest BCUT2D eigenvalue weighted by atomic mass is 19.4. The minimum atomic E-state index is -4.47. The van der Waals surface area contributed by atoms with E-state index in [0.29, 0.717) is 19.6 Å². The Morgan fingerprint density at radius 3 is 2.68 bits per heavy atom. The molecule has 1 aromatic rings. The molecule has 2 N–H and O–H groups in total. The normalized spacial score (nSPS) is 19.2. The van der Waals surface area contributed by atoms with E-state index in [1.165, 1.54) is 18.2 Å². The molecule has 1 atom stereocenters. The first-order valence-electron chi connectivity index (χ1n) is 5.78. The van der Waals surface area contributed by atoms with Gasteiger partial charge in [-0.3, -0.25) is 15.6 Å². The van der Waals surface area contributed by atoms with Gasteiger partial charge in [0.25, 0.3) is 0 Å². The number of anilines is 1. The van der Waals surface area contributed by atoms with E-state index >= 15 is 0 Å². The topological polar surface area (TPSA) is 50.4 Å². The van der Waals surface area contributed by atoms with Crippen LogP contribution in [0.3, 0.4) is 0 Å². The minimum Gasteiger partial charge on any atom is -0.381 e. The Balaban J connectivity index is 2.01. The van der Waals surface area contributed by atoms with Gasteiger partial charge in [0, 0.05) is 6.61 Å². The first kappa shape index (κ1) is 13.7. The quantitative estimate of drug-likeness (QED) is 0.831. The molecule has 19 heavy (non-hydrogen) atoms. The fourth-order valence-corrected chi connectivity index (χ4v) is 1.81.